The molecule has 1 amide bonds. The van der Waals surface area contributed by atoms with Crippen molar-refractivity contribution in [2.75, 3.05) is 6.54 Å². The summed E-state index contributed by atoms with van der Waals surface area (Å²) < 4.78 is 0. The zero-order chi connectivity index (χ0) is 11.7. The number of carbonyl (C=O) groups excluding carboxylic acids is 1. The highest BCUT2D eigenvalue weighted by molar-refractivity contribution is 5.86. The molecule has 1 N–H and O–H groups in total. The first-order valence-corrected chi connectivity index (χ1v) is 4.95. The smallest absolute Gasteiger partial charge is 0.243 e. The Morgan fingerprint density at radius 2 is 2.00 bits per heavy atom. The van der Waals surface area contributed by atoms with Gasteiger partial charge in [0.15, 0.2) is 0 Å². The van der Waals surface area contributed by atoms with Crippen molar-refractivity contribution in [3.63, 3.8) is 0 Å². The first-order valence-electron chi connectivity index (χ1n) is 4.95. The van der Waals surface area contributed by atoms with Crippen LogP contribution in [0.1, 0.15) is 20.8 Å². The highest BCUT2D eigenvalue weighted by Gasteiger charge is 1.88. The lowest BCUT2D eigenvalue weighted by Gasteiger charge is -1.96. The Morgan fingerprint density at radius 3 is 2.53 bits per heavy atom. The molecule has 82 valence electrons. The molecular formula is C13H19NO. The number of rotatable bonds is 5. The molecule has 0 unspecified atom stereocenters. The SMILES string of the molecule is C=CC(=O)NC/C=C(\C)C=CC=C(C)C. The molecule has 0 spiro atoms. The van der Waals surface area contributed by atoms with Crippen molar-refractivity contribution in [2.45, 2.75) is 20.8 Å². The molecule has 2 nitrogen and oxygen atoms in total. The number of hydrogen-bond donors (Lipinski definition) is 1. The summed E-state index contributed by atoms with van der Waals surface area (Å²) in [6.45, 7) is 10.0. The van der Waals surface area contributed by atoms with Crippen LogP contribution in [-0.2, 0) is 4.79 Å². The summed E-state index contributed by atoms with van der Waals surface area (Å²) in [7, 11) is 0. The topological polar surface area (TPSA) is 29.1 Å². The van der Waals surface area contributed by atoms with Crippen LogP contribution < -0.4 is 5.32 Å². The van der Waals surface area contributed by atoms with Crippen molar-refractivity contribution in [1.29, 1.82) is 0 Å². The Labute approximate surface area is 92.1 Å². The van der Waals surface area contributed by atoms with Gasteiger partial charge in [0.25, 0.3) is 0 Å². The first-order chi connectivity index (χ1) is 7.06. The lowest BCUT2D eigenvalue weighted by molar-refractivity contribution is -0.116. The molecule has 2 heteroatoms. The summed E-state index contributed by atoms with van der Waals surface area (Å²) in [4.78, 5) is 10.8. The van der Waals surface area contributed by atoms with Crippen LogP contribution >= 0.6 is 0 Å². The molecule has 0 heterocycles. The number of allylic oxidation sites excluding steroid dienone is 5. The zero-order valence-electron chi connectivity index (χ0n) is 9.71. The fourth-order valence-corrected chi connectivity index (χ4v) is 0.845. The lowest BCUT2D eigenvalue weighted by atomic mass is 10.2. The lowest BCUT2D eigenvalue weighted by Crippen LogP contribution is -2.20. The van der Waals surface area contributed by atoms with Crippen molar-refractivity contribution in [3.8, 4) is 0 Å². The third kappa shape index (κ3) is 8.75. The third-order valence-corrected chi connectivity index (χ3v) is 1.67. The minimum atomic E-state index is -0.146. The van der Waals surface area contributed by atoms with Gasteiger partial charge >= 0.3 is 0 Å². The molecule has 0 aliphatic heterocycles. The van der Waals surface area contributed by atoms with Gasteiger partial charge in [-0.2, -0.15) is 0 Å². The van der Waals surface area contributed by atoms with E-state index in [0.717, 1.165) is 5.57 Å². The monoisotopic (exact) mass is 205 g/mol. The van der Waals surface area contributed by atoms with Crippen LogP contribution in [0.4, 0.5) is 0 Å². The second-order valence-electron chi connectivity index (χ2n) is 3.50. The van der Waals surface area contributed by atoms with E-state index in [2.05, 4.69) is 11.9 Å². The molecule has 0 fully saturated rings. The summed E-state index contributed by atoms with van der Waals surface area (Å²) in [5.74, 6) is -0.146. The molecule has 15 heavy (non-hydrogen) atoms. The van der Waals surface area contributed by atoms with Crippen LogP contribution in [-0.4, -0.2) is 12.5 Å². The Balaban J connectivity index is 3.99. The predicted molar refractivity (Wildman–Crippen MR) is 65.5 cm³/mol. The number of carbonyl (C=O) groups is 1. The Bertz CT molecular complexity index is 304. The molecule has 0 rings (SSSR count). The van der Waals surface area contributed by atoms with E-state index in [9.17, 15) is 4.79 Å². The van der Waals surface area contributed by atoms with Crippen LogP contribution in [0, 0.1) is 0 Å². The van der Waals surface area contributed by atoms with Gasteiger partial charge < -0.3 is 5.32 Å². The first kappa shape index (κ1) is 13.4. The zero-order valence-corrected chi connectivity index (χ0v) is 9.71. The largest absolute Gasteiger partial charge is 0.349 e. The fraction of sp³-hybridized carbons (Fsp3) is 0.308. The summed E-state index contributed by atoms with van der Waals surface area (Å²) in [5, 5.41) is 2.68. The van der Waals surface area contributed by atoms with Gasteiger partial charge in [-0.3, -0.25) is 4.79 Å². The van der Waals surface area contributed by atoms with E-state index >= 15 is 0 Å². The minimum absolute atomic E-state index is 0.146. The molecule has 0 saturated carbocycles. The molecule has 0 atom stereocenters. The van der Waals surface area contributed by atoms with Gasteiger partial charge in [0.2, 0.25) is 5.91 Å². The van der Waals surface area contributed by atoms with Gasteiger partial charge in [-0.05, 0) is 26.8 Å². The van der Waals surface area contributed by atoms with Crippen molar-refractivity contribution in [3.05, 3.63) is 48.1 Å². The minimum Gasteiger partial charge on any atom is -0.349 e. The van der Waals surface area contributed by atoms with Crippen LogP contribution in [0.2, 0.25) is 0 Å². The van der Waals surface area contributed by atoms with E-state index in [1.54, 1.807) is 0 Å². The Hall–Kier alpha value is -1.57. The third-order valence-electron chi connectivity index (χ3n) is 1.67. The summed E-state index contributed by atoms with van der Waals surface area (Å²) >= 11 is 0. The standard InChI is InChI=1S/C13H19NO/c1-5-13(15)14-10-9-12(4)8-6-7-11(2)3/h5-9H,1,10H2,2-4H3,(H,14,15)/b8-6?,12-9+. The van der Waals surface area contributed by atoms with Crippen LogP contribution in [0.5, 0.6) is 0 Å². The number of hydrogen-bond acceptors (Lipinski definition) is 1. The van der Waals surface area contributed by atoms with E-state index in [0.29, 0.717) is 6.54 Å². The van der Waals surface area contributed by atoms with E-state index in [-0.39, 0.29) is 5.91 Å². The summed E-state index contributed by atoms with van der Waals surface area (Å²) in [6.07, 6.45) is 9.27. The van der Waals surface area contributed by atoms with Gasteiger partial charge in [-0.25, -0.2) is 0 Å². The highest BCUT2D eigenvalue weighted by Crippen LogP contribution is 1.96. The molecule has 0 aromatic carbocycles. The molecule has 0 bridgehead atoms. The molecule has 0 aliphatic carbocycles. The Kier molecular flexibility index (Phi) is 6.98. The van der Waals surface area contributed by atoms with Gasteiger partial charge in [0.1, 0.15) is 0 Å². The maximum Gasteiger partial charge on any atom is 0.243 e. The van der Waals surface area contributed by atoms with E-state index in [4.69, 9.17) is 0 Å². The van der Waals surface area contributed by atoms with Gasteiger partial charge in [-0.15, -0.1) is 0 Å². The van der Waals surface area contributed by atoms with Crippen LogP contribution in [0.25, 0.3) is 0 Å². The maximum atomic E-state index is 10.8. The number of amides is 1. The normalized spacial score (nSPS) is 11.3. The van der Waals surface area contributed by atoms with E-state index in [1.807, 2.05) is 45.1 Å². The maximum absolute atomic E-state index is 10.8. The second-order valence-corrected chi connectivity index (χ2v) is 3.50. The van der Waals surface area contributed by atoms with Crippen molar-refractivity contribution in [2.24, 2.45) is 0 Å². The van der Waals surface area contributed by atoms with Gasteiger partial charge in [-0.1, -0.05) is 42.0 Å². The van der Waals surface area contributed by atoms with E-state index in [1.165, 1.54) is 11.6 Å². The molecule has 0 radical (unpaired) electrons. The molecule has 0 aromatic heterocycles. The summed E-state index contributed by atoms with van der Waals surface area (Å²) in [5.41, 5.74) is 2.39. The Morgan fingerprint density at radius 1 is 1.33 bits per heavy atom. The molecule has 0 aromatic rings. The van der Waals surface area contributed by atoms with Crippen molar-refractivity contribution in [1.82, 2.24) is 5.32 Å². The molecule has 0 saturated heterocycles. The highest BCUT2D eigenvalue weighted by atomic mass is 16.1. The van der Waals surface area contributed by atoms with Crippen molar-refractivity contribution < 1.29 is 4.79 Å². The van der Waals surface area contributed by atoms with E-state index < -0.39 is 0 Å². The number of nitrogens with one attached hydrogen (secondary N) is 1. The average molecular weight is 205 g/mol. The van der Waals surface area contributed by atoms with Gasteiger partial charge in [0, 0.05) is 6.54 Å². The summed E-state index contributed by atoms with van der Waals surface area (Å²) in [6, 6.07) is 0. The average Bonchev–Trinajstić information content (AvgIpc) is 2.17. The van der Waals surface area contributed by atoms with Crippen molar-refractivity contribution >= 4 is 5.91 Å². The van der Waals surface area contributed by atoms with Gasteiger partial charge in [0.05, 0.1) is 0 Å². The molecule has 0 aliphatic rings. The molecular weight excluding hydrogens is 186 g/mol. The van der Waals surface area contributed by atoms with Crippen LogP contribution in [0.3, 0.4) is 0 Å². The fourth-order valence-electron chi connectivity index (χ4n) is 0.845. The second kappa shape index (κ2) is 7.80. The van der Waals surface area contributed by atoms with Crippen LogP contribution in [0.15, 0.2) is 48.1 Å². The quantitative estimate of drug-likeness (QED) is 0.542. The predicted octanol–water partition coefficient (Wildman–Crippen LogP) is 2.76.